The Bertz CT molecular complexity index is 323. The van der Waals surface area contributed by atoms with Crippen molar-refractivity contribution in [3.8, 4) is 0 Å². The molecular formula is C11H16OS. The molecule has 1 aromatic rings. The van der Waals surface area contributed by atoms with Gasteiger partial charge in [-0.3, -0.25) is 4.21 Å². The molecule has 2 heteroatoms. The quantitative estimate of drug-likeness (QED) is 0.675. The molecule has 0 fully saturated rings. The van der Waals surface area contributed by atoms with Crippen LogP contribution >= 0.6 is 0 Å². The van der Waals surface area contributed by atoms with Gasteiger partial charge < -0.3 is 0 Å². The first-order valence-electron chi connectivity index (χ1n) is 4.40. The van der Waals surface area contributed by atoms with Gasteiger partial charge in [0.15, 0.2) is 0 Å². The minimum absolute atomic E-state index is 0.174. The van der Waals surface area contributed by atoms with Crippen LogP contribution in [0.25, 0.3) is 0 Å². The van der Waals surface area contributed by atoms with E-state index in [0.717, 1.165) is 10.5 Å². The Labute approximate surface area is 82.6 Å². The number of aryl methyl sites for hydroxylation is 1. The average molecular weight is 196 g/mol. The summed E-state index contributed by atoms with van der Waals surface area (Å²) in [5, 5.41) is 0. The number of hydrogen-bond acceptors (Lipinski definition) is 1. The Balaban J connectivity index is 3.10. The summed E-state index contributed by atoms with van der Waals surface area (Å²) in [4.78, 5) is 0.954. The summed E-state index contributed by atoms with van der Waals surface area (Å²) in [6.45, 7) is 7.99. The highest BCUT2D eigenvalue weighted by Crippen LogP contribution is 2.22. The van der Waals surface area contributed by atoms with E-state index in [1.807, 2.05) is 52.0 Å². The number of benzene rings is 1. The van der Waals surface area contributed by atoms with Crippen LogP contribution in [-0.4, -0.2) is 8.96 Å². The molecule has 0 bridgehead atoms. The molecule has 1 atom stereocenters. The summed E-state index contributed by atoms with van der Waals surface area (Å²) >= 11 is 0. The molecule has 0 N–H and O–H groups in total. The molecule has 1 nitrogen and oxygen atoms in total. The van der Waals surface area contributed by atoms with E-state index < -0.39 is 10.8 Å². The smallest absolute Gasteiger partial charge is 0.0586 e. The fraction of sp³-hybridized carbons (Fsp3) is 0.455. The highest BCUT2D eigenvalue weighted by atomic mass is 32.2. The van der Waals surface area contributed by atoms with Gasteiger partial charge in [0.1, 0.15) is 0 Å². The molecule has 0 unspecified atom stereocenters. The second-order valence-electron chi connectivity index (χ2n) is 4.15. The van der Waals surface area contributed by atoms with Gasteiger partial charge in [0, 0.05) is 9.64 Å². The van der Waals surface area contributed by atoms with Crippen LogP contribution in [0.15, 0.2) is 29.2 Å². The van der Waals surface area contributed by atoms with Crippen molar-refractivity contribution in [1.82, 2.24) is 0 Å². The van der Waals surface area contributed by atoms with Crippen LogP contribution in [0.4, 0.5) is 0 Å². The van der Waals surface area contributed by atoms with Crippen LogP contribution in [0.5, 0.6) is 0 Å². The van der Waals surface area contributed by atoms with E-state index in [-0.39, 0.29) is 4.75 Å². The van der Waals surface area contributed by atoms with Crippen molar-refractivity contribution in [2.45, 2.75) is 37.3 Å². The Morgan fingerprint density at radius 3 is 2.15 bits per heavy atom. The molecular weight excluding hydrogens is 180 g/mol. The minimum Gasteiger partial charge on any atom is -0.254 e. The molecule has 0 amide bonds. The molecule has 0 aromatic heterocycles. The third kappa shape index (κ3) is 2.41. The maximum atomic E-state index is 12.0. The Kier molecular flexibility index (Phi) is 2.91. The van der Waals surface area contributed by atoms with Gasteiger partial charge in [-0.15, -0.1) is 0 Å². The monoisotopic (exact) mass is 196 g/mol. The van der Waals surface area contributed by atoms with Crippen LogP contribution in [0, 0.1) is 6.92 Å². The van der Waals surface area contributed by atoms with Crippen molar-refractivity contribution >= 4 is 10.8 Å². The van der Waals surface area contributed by atoms with Gasteiger partial charge in [-0.05, 0) is 39.3 Å². The van der Waals surface area contributed by atoms with Gasteiger partial charge in [-0.25, -0.2) is 0 Å². The molecule has 0 aliphatic carbocycles. The second-order valence-corrected chi connectivity index (χ2v) is 6.35. The summed E-state index contributed by atoms with van der Waals surface area (Å²) in [6.07, 6.45) is 0. The lowest BCUT2D eigenvalue weighted by Gasteiger charge is -2.18. The highest BCUT2D eigenvalue weighted by Gasteiger charge is 2.21. The van der Waals surface area contributed by atoms with E-state index in [4.69, 9.17) is 0 Å². The molecule has 0 heterocycles. The molecule has 0 spiro atoms. The van der Waals surface area contributed by atoms with Gasteiger partial charge in [0.05, 0.1) is 10.8 Å². The third-order valence-electron chi connectivity index (χ3n) is 1.85. The predicted molar refractivity (Wildman–Crippen MR) is 57.3 cm³/mol. The number of rotatable bonds is 1. The average Bonchev–Trinajstić information content (AvgIpc) is 2.02. The van der Waals surface area contributed by atoms with E-state index in [0.29, 0.717) is 0 Å². The molecule has 0 saturated carbocycles. The van der Waals surface area contributed by atoms with E-state index >= 15 is 0 Å². The normalized spacial score (nSPS) is 14.2. The first kappa shape index (κ1) is 10.5. The van der Waals surface area contributed by atoms with Crippen LogP contribution in [0.1, 0.15) is 26.3 Å². The van der Waals surface area contributed by atoms with E-state index in [9.17, 15) is 4.21 Å². The maximum Gasteiger partial charge on any atom is 0.0586 e. The molecule has 0 aliphatic heterocycles. The van der Waals surface area contributed by atoms with Gasteiger partial charge in [0.25, 0.3) is 0 Å². The van der Waals surface area contributed by atoms with E-state index in [2.05, 4.69) is 0 Å². The lowest BCUT2D eigenvalue weighted by atomic mass is 10.2. The van der Waals surface area contributed by atoms with Crippen LogP contribution in [0.3, 0.4) is 0 Å². The molecule has 0 saturated heterocycles. The second kappa shape index (κ2) is 3.62. The van der Waals surface area contributed by atoms with Crippen molar-refractivity contribution in [1.29, 1.82) is 0 Å². The van der Waals surface area contributed by atoms with Crippen LogP contribution in [-0.2, 0) is 10.8 Å². The maximum absolute atomic E-state index is 12.0. The summed E-state index contributed by atoms with van der Waals surface area (Å²) in [5.41, 5.74) is 1.11. The number of hydrogen-bond donors (Lipinski definition) is 0. The standard InChI is InChI=1S/C11H16OS/c1-9-7-5-6-8-10(9)13(12)11(2,3)4/h5-8H,1-4H3/t13-/m0/s1. The SMILES string of the molecule is Cc1ccccc1[S@](=O)C(C)(C)C. The molecule has 13 heavy (non-hydrogen) atoms. The minimum atomic E-state index is -0.912. The van der Waals surface area contributed by atoms with Crippen molar-refractivity contribution in [3.63, 3.8) is 0 Å². The first-order valence-corrected chi connectivity index (χ1v) is 5.55. The van der Waals surface area contributed by atoms with Crippen LogP contribution < -0.4 is 0 Å². The molecule has 0 radical (unpaired) electrons. The summed E-state index contributed by atoms with van der Waals surface area (Å²) in [5.74, 6) is 0. The zero-order valence-corrected chi connectivity index (χ0v) is 9.44. The van der Waals surface area contributed by atoms with Gasteiger partial charge in [-0.1, -0.05) is 18.2 Å². The van der Waals surface area contributed by atoms with Crippen molar-refractivity contribution in [3.05, 3.63) is 29.8 Å². The fourth-order valence-electron chi connectivity index (χ4n) is 1.09. The molecule has 72 valence electrons. The predicted octanol–water partition coefficient (Wildman–Crippen LogP) is 2.90. The van der Waals surface area contributed by atoms with E-state index in [1.165, 1.54) is 0 Å². The summed E-state index contributed by atoms with van der Waals surface area (Å²) < 4.78 is 11.8. The lowest BCUT2D eigenvalue weighted by molar-refractivity contribution is 0.648. The topological polar surface area (TPSA) is 17.1 Å². The Hall–Kier alpha value is -0.630. The van der Waals surface area contributed by atoms with Crippen molar-refractivity contribution in [2.75, 3.05) is 0 Å². The zero-order valence-electron chi connectivity index (χ0n) is 8.63. The highest BCUT2D eigenvalue weighted by molar-refractivity contribution is 7.86. The Morgan fingerprint density at radius 2 is 1.69 bits per heavy atom. The largest absolute Gasteiger partial charge is 0.254 e. The van der Waals surface area contributed by atoms with Gasteiger partial charge >= 0.3 is 0 Å². The van der Waals surface area contributed by atoms with Gasteiger partial charge in [-0.2, -0.15) is 0 Å². The Morgan fingerprint density at radius 1 is 1.15 bits per heavy atom. The fourth-order valence-corrected chi connectivity index (χ4v) is 2.32. The summed E-state index contributed by atoms with van der Waals surface area (Å²) in [7, 11) is -0.912. The zero-order chi connectivity index (χ0) is 10.1. The van der Waals surface area contributed by atoms with Gasteiger partial charge in [0.2, 0.25) is 0 Å². The molecule has 1 rings (SSSR count). The third-order valence-corrected chi connectivity index (χ3v) is 3.82. The van der Waals surface area contributed by atoms with Crippen molar-refractivity contribution < 1.29 is 4.21 Å². The van der Waals surface area contributed by atoms with E-state index in [1.54, 1.807) is 0 Å². The molecule has 0 aliphatic rings. The van der Waals surface area contributed by atoms with Crippen molar-refractivity contribution in [2.24, 2.45) is 0 Å². The van der Waals surface area contributed by atoms with Crippen LogP contribution in [0.2, 0.25) is 0 Å². The lowest BCUT2D eigenvalue weighted by Crippen LogP contribution is -2.22. The summed E-state index contributed by atoms with van der Waals surface area (Å²) in [6, 6.07) is 7.85. The molecule has 1 aromatic carbocycles. The first-order chi connectivity index (χ1) is 5.93.